The minimum atomic E-state index is -4.72. The van der Waals surface area contributed by atoms with Crippen molar-refractivity contribution in [1.29, 1.82) is 0 Å². The molecule has 1 atom stereocenters. The predicted octanol–water partition coefficient (Wildman–Crippen LogP) is 3.78. The molecule has 2 aromatic rings. The van der Waals surface area contributed by atoms with E-state index in [9.17, 15) is 28.1 Å². The van der Waals surface area contributed by atoms with Crippen LogP contribution in [0, 0.1) is 10.1 Å². The van der Waals surface area contributed by atoms with Crippen molar-refractivity contribution in [3.63, 3.8) is 0 Å². The molecule has 3 rings (SSSR count). The lowest BCUT2D eigenvalue weighted by Crippen LogP contribution is -2.32. The second kappa shape index (κ2) is 7.25. The van der Waals surface area contributed by atoms with Gasteiger partial charge >= 0.3 is 6.18 Å². The van der Waals surface area contributed by atoms with Crippen LogP contribution < -0.4 is 20.1 Å². The van der Waals surface area contributed by atoms with Gasteiger partial charge in [0.1, 0.15) is 11.7 Å². The number of nitro benzene ring substituents is 1. The third kappa shape index (κ3) is 4.08. The molecule has 0 spiro atoms. The molecule has 0 saturated carbocycles. The minimum Gasteiger partial charge on any atom is -0.454 e. The van der Waals surface area contributed by atoms with Gasteiger partial charge in [0, 0.05) is 17.8 Å². The molecule has 1 aliphatic rings. The van der Waals surface area contributed by atoms with Crippen LogP contribution in [0.1, 0.15) is 12.5 Å². The van der Waals surface area contributed by atoms with Gasteiger partial charge < -0.3 is 20.1 Å². The van der Waals surface area contributed by atoms with Crippen LogP contribution in [0.25, 0.3) is 0 Å². The van der Waals surface area contributed by atoms with E-state index in [1.54, 1.807) is 18.2 Å². The highest BCUT2D eigenvalue weighted by atomic mass is 19.4. The lowest BCUT2D eigenvalue weighted by molar-refractivity contribution is -0.384. The first-order chi connectivity index (χ1) is 13.1. The van der Waals surface area contributed by atoms with E-state index in [1.807, 2.05) is 0 Å². The molecule has 0 aliphatic carbocycles. The fourth-order valence-electron chi connectivity index (χ4n) is 2.50. The highest BCUT2D eigenvalue weighted by Gasteiger charge is 2.33. The smallest absolute Gasteiger partial charge is 0.416 e. The van der Waals surface area contributed by atoms with Gasteiger partial charge in [0.2, 0.25) is 12.7 Å². The number of halogens is 3. The molecule has 11 heteroatoms. The summed E-state index contributed by atoms with van der Waals surface area (Å²) in [6.45, 7) is 1.49. The third-order valence-corrected chi connectivity index (χ3v) is 3.93. The van der Waals surface area contributed by atoms with E-state index < -0.39 is 34.3 Å². The molecule has 0 fully saturated rings. The normalized spacial score (nSPS) is 13.7. The zero-order valence-corrected chi connectivity index (χ0v) is 14.4. The number of anilines is 2. The van der Waals surface area contributed by atoms with E-state index >= 15 is 0 Å². The highest BCUT2D eigenvalue weighted by molar-refractivity contribution is 5.96. The molecule has 0 bridgehead atoms. The molecule has 28 heavy (non-hydrogen) atoms. The molecular formula is C17H14F3N3O5. The number of ether oxygens (including phenoxy) is 2. The molecule has 148 valence electrons. The van der Waals surface area contributed by atoms with Crippen molar-refractivity contribution in [2.75, 3.05) is 17.4 Å². The molecule has 2 N–H and O–H groups in total. The zero-order valence-electron chi connectivity index (χ0n) is 14.4. The standard InChI is InChI=1S/C17H14F3N3O5/c1-9(16(24)22-11-3-5-14-15(7-11)28-8-27-14)21-12-4-2-10(17(18,19)20)6-13(12)23(25)26/h2-7,9,21H,8H2,1H3,(H,22,24)/t9-/m0/s1. The summed E-state index contributed by atoms with van der Waals surface area (Å²) in [4.78, 5) is 22.5. The maximum atomic E-state index is 12.8. The molecule has 1 aliphatic heterocycles. The number of nitro groups is 1. The number of nitrogens with one attached hydrogen (secondary N) is 2. The van der Waals surface area contributed by atoms with Crippen LogP contribution in [0.2, 0.25) is 0 Å². The monoisotopic (exact) mass is 397 g/mol. The Hall–Kier alpha value is -3.50. The van der Waals surface area contributed by atoms with Crippen molar-refractivity contribution in [3.05, 3.63) is 52.1 Å². The Morgan fingerprint density at radius 1 is 1.18 bits per heavy atom. The largest absolute Gasteiger partial charge is 0.454 e. The van der Waals surface area contributed by atoms with Crippen LogP contribution in [-0.2, 0) is 11.0 Å². The third-order valence-electron chi connectivity index (χ3n) is 3.93. The number of amides is 1. The summed E-state index contributed by atoms with van der Waals surface area (Å²) in [5.41, 5.74) is -1.73. The number of rotatable bonds is 5. The predicted molar refractivity (Wildman–Crippen MR) is 92.4 cm³/mol. The Bertz CT molecular complexity index is 933. The van der Waals surface area contributed by atoms with E-state index in [0.29, 0.717) is 29.3 Å². The summed E-state index contributed by atoms with van der Waals surface area (Å²) in [5.74, 6) is 0.439. The quantitative estimate of drug-likeness (QED) is 0.588. The van der Waals surface area contributed by atoms with Gasteiger partial charge in [0.25, 0.3) is 5.69 Å². The van der Waals surface area contributed by atoms with Gasteiger partial charge in [0.15, 0.2) is 11.5 Å². The fraction of sp³-hybridized carbons (Fsp3) is 0.235. The van der Waals surface area contributed by atoms with E-state index in [0.717, 1.165) is 6.07 Å². The van der Waals surface area contributed by atoms with E-state index in [2.05, 4.69) is 10.6 Å². The van der Waals surface area contributed by atoms with Crippen LogP contribution in [0.5, 0.6) is 11.5 Å². The van der Waals surface area contributed by atoms with Crippen molar-refractivity contribution < 1.29 is 32.4 Å². The summed E-state index contributed by atoms with van der Waals surface area (Å²) >= 11 is 0. The highest BCUT2D eigenvalue weighted by Crippen LogP contribution is 2.36. The summed E-state index contributed by atoms with van der Waals surface area (Å²) in [6.07, 6.45) is -4.72. The molecule has 1 heterocycles. The van der Waals surface area contributed by atoms with Gasteiger partial charge in [-0.25, -0.2) is 0 Å². The molecular weight excluding hydrogens is 383 g/mol. The Labute approximate surface area is 156 Å². The second-order valence-electron chi connectivity index (χ2n) is 5.91. The van der Waals surface area contributed by atoms with Crippen LogP contribution in [-0.4, -0.2) is 23.7 Å². The molecule has 1 amide bonds. The maximum absolute atomic E-state index is 12.8. The number of carbonyl (C=O) groups excluding carboxylic acids is 1. The average Bonchev–Trinajstić information content (AvgIpc) is 3.08. The second-order valence-corrected chi connectivity index (χ2v) is 5.91. The SMILES string of the molecule is C[C@H](Nc1ccc(C(F)(F)F)cc1[N+](=O)[O-])C(=O)Nc1ccc2c(c1)OCO2. The van der Waals surface area contributed by atoms with Crippen molar-refractivity contribution in [3.8, 4) is 11.5 Å². The Balaban J connectivity index is 1.74. The summed E-state index contributed by atoms with van der Waals surface area (Å²) in [6, 6.07) is 5.82. The first kappa shape index (κ1) is 19.3. The van der Waals surface area contributed by atoms with Crippen LogP contribution in [0.15, 0.2) is 36.4 Å². The molecule has 2 aromatic carbocycles. The molecule has 0 radical (unpaired) electrons. The Kier molecular flexibility index (Phi) is 4.99. The molecule has 0 aromatic heterocycles. The maximum Gasteiger partial charge on any atom is 0.416 e. The number of carbonyl (C=O) groups is 1. The van der Waals surface area contributed by atoms with Gasteiger partial charge in [-0.1, -0.05) is 0 Å². The number of hydrogen-bond donors (Lipinski definition) is 2. The Morgan fingerprint density at radius 3 is 2.57 bits per heavy atom. The van der Waals surface area contributed by atoms with Gasteiger partial charge in [-0.05, 0) is 31.2 Å². The Morgan fingerprint density at radius 2 is 1.89 bits per heavy atom. The lowest BCUT2D eigenvalue weighted by Gasteiger charge is -2.16. The van der Waals surface area contributed by atoms with Crippen molar-refractivity contribution >= 4 is 23.0 Å². The van der Waals surface area contributed by atoms with Crippen LogP contribution in [0.4, 0.5) is 30.2 Å². The van der Waals surface area contributed by atoms with Gasteiger partial charge in [0.05, 0.1) is 10.5 Å². The molecule has 8 nitrogen and oxygen atoms in total. The van der Waals surface area contributed by atoms with Crippen molar-refractivity contribution in [1.82, 2.24) is 0 Å². The first-order valence-electron chi connectivity index (χ1n) is 7.98. The van der Waals surface area contributed by atoms with Gasteiger partial charge in [-0.3, -0.25) is 14.9 Å². The summed E-state index contributed by atoms with van der Waals surface area (Å²) in [7, 11) is 0. The lowest BCUT2D eigenvalue weighted by atomic mass is 10.1. The fourth-order valence-corrected chi connectivity index (χ4v) is 2.50. The number of nitrogens with zero attached hydrogens (tertiary/aromatic N) is 1. The topological polar surface area (TPSA) is 103 Å². The van der Waals surface area contributed by atoms with E-state index in [4.69, 9.17) is 9.47 Å². The molecule has 0 saturated heterocycles. The summed E-state index contributed by atoms with van der Waals surface area (Å²) in [5, 5.41) is 16.3. The molecule has 0 unspecified atom stereocenters. The van der Waals surface area contributed by atoms with Gasteiger partial charge in [-0.2, -0.15) is 13.2 Å². The van der Waals surface area contributed by atoms with Crippen LogP contribution in [0.3, 0.4) is 0 Å². The first-order valence-corrected chi connectivity index (χ1v) is 7.98. The van der Waals surface area contributed by atoms with E-state index in [1.165, 1.54) is 6.92 Å². The average molecular weight is 397 g/mol. The van der Waals surface area contributed by atoms with E-state index in [-0.39, 0.29) is 12.5 Å². The van der Waals surface area contributed by atoms with Crippen molar-refractivity contribution in [2.45, 2.75) is 19.1 Å². The number of fused-ring (bicyclic) bond motifs is 1. The number of alkyl halides is 3. The number of hydrogen-bond acceptors (Lipinski definition) is 6. The minimum absolute atomic E-state index is 0.0717. The van der Waals surface area contributed by atoms with Gasteiger partial charge in [-0.15, -0.1) is 0 Å². The summed E-state index contributed by atoms with van der Waals surface area (Å²) < 4.78 is 48.7. The zero-order chi connectivity index (χ0) is 20.5. The van der Waals surface area contributed by atoms with Crippen molar-refractivity contribution in [2.24, 2.45) is 0 Å². The van der Waals surface area contributed by atoms with Crippen LogP contribution >= 0.6 is 0 Å². The number of benzene rings is 2.